The van der Waals surface area contributed by atoms with E-state index in [0.29, 0.717) is 22.8 Å². The standard InChI is InChI=1S/C11H11ClN4O/c12-10-3-7(13)1-2-9(10)11(17)15-5-8-4-14-6-16-8/h1-4,6H,5,13H2,(H,14,16)(H,15,17). The molecule has 0 bridgehead atoms. The Kier molecular flexibility index (Phi) is 3.30. The molecular formula is C11H11ClN4O. The lowest BCUT2D eigenvalue weighted by Crippen LogP contribution is -2.23. The van der Waals surface area contributed by atoms with Crippen molar-refractivity contribution < 1.29 is 4.79 Å². The first kappa shape index (κ1) is 11.5. The van der Waals surface area contributed by atoms with Crippen molar-refractivity contribution in [3.05, 3.63) is 47.0 Å². The fourth-order valence-electron chi connectivity index (χ4n) is 1.37. The lowest BCUT2D eigenvalue weighted by molar-refractivity contribution is 0.0950. The number of nitrogens with two attached hydrogens (primary N) is 1. The van der Waals surface area contributed by atoms with Gasteiger partial charge in [-0.3, -0.25) is 4.79 Å². The van der Waals surface area contributed by atoms with Crippen molar-refractivity contribution in [3.8, 4) is 0 Å². The van der Waals surface area contributed by atoms with Crippen molar-refractivity contribution in [2.45, 2.75) is 6.54 Å². The number of aromatic amines is 1. The molecule has 17 heavy (non-hydrogen) atoms. The zero-order chi connectivity index (χ0) is 12.3. The van der Waals surface area contributed by atoms with E-state index < -0.39 is 0 Å². The third kappa shape index (κ3) is 2.76. The predicted octanol–water partition coefficient (Wildman–Crippen LogP) is 1.58. The minimum Gasteiger partial charge on any atom is -0.399 e. The molecule has 0 aliphatic carbocycles. The number of nitrogen functional groups attached to an aromatic ring is 1. The molecule has 0 unspecified atom stereocenters. The van der Waals surface area contributed by atoms with Crippen LogP contribution < -0.4 is 11.1 Å². The number of H-pyrrole nitrogens is 1. The molecule has 1 heterocycles. The minimum absolute atomic E-state index is 0.246. The van der Waals surface area contributed by atoms with Gasteiger partial charge >= 0.3 is 0 Å². The summed E-state index contributed by atoms with van der Waals surface area (Å²) in [5, 5.41) is 3.07. The number of halogens is 1. The van der Waals surface area contributed by atoms with Gasteiger partial charge in [-0.25, -0.2) is 4.98 Å². The van der Waals surface area contributed by atoms with Crippen LogP contribution in [0.3, 0.4) is 0 Å². The van der Waals surface area contributed by atoms with E-state index >= 15 is 0 Å². The molecule has 0 saturated carbocycles. The largest absolute Gasteiger partial charge is 0.399 e. The van der Waals surface area contributed by atoms with Crippen molar-refractivity contribution in [2.24, 2.45) is 0 Å². The number of benzene rings is 1. The van der Waals surface area contributed by atoms with Gasteiger partial charge in [0, 0.05) is 11.9 Å². The average Bonchev–Trinajstić information content (AvgIpc) is 2.78. The van der Waals surface area contributed by atoms with Crippen LogP contribution in [0.2, 0.25) is 5.02 Å². The highest BCUT2D eigenvalue weighted by molar-refractivity contribution is 6.34. The second kappa shape index (κ2) is 4.88. The van der Waals surface area contributed by atoms with E-state index in [0.717, 1.165) is 5.69 Å². The molecule has 88 valence electrons. The van der Waals surface area contributed by atoms with Gasteiger partial charge in [0.2, 0.25) is 0 Å². The summed E-state index contributed by atoms with van der Waals surface area (Å²) >= 11 is 5.92. The fraction of sp³-hybridized carbons (Fsp3) is 0.0909. The molecule has 0 atom stereocenters. The van der Waals surface area contributed by atoms with Crippen molar-refractivity contribution in [1.29, 1.82) is 0 Å². The van der Waals surface area contributed by atoms with Gasteiger partial charge in [0.15, 0.2) is 0 Å². The molecule has 2 rings (SSSR count). The smallest absolute Gasteiger partial charge is 0.253 e. The summed E-state index contributed by atoms with van der Waals surface area (Å²) in [6, 6.07) is 4.78. The van der Waals surface area contributed by atoms with Gasteiger partial charge < -0.3 is 16.0 Å². The summed E-state index contributed by atoms with van der Waals surface area (Å²) in [7, 11) is 0. The number of imidazole rings is 1. The molecule has 5 nitrogen and oxygen atoms in total. The summed E-state index contributed by atoms with van der Waals surface area (Å²) in [5.74, 6) is -0.246. The number of anilines is 1. The molecule has 4 N–H and O–H groups in total. The molecule has 2 aromatic rings. The predicted molar refractivity (Wildman–Crippen MR) is 65.6 cm³/mol. The lowest BCUT2D eigenvalue weighted by Gasteiger charge is -2.06. The van der Waals surface area contributed by atoms with Crippen LogP contribution in [0, 0.1) is 0 Å². The summed E-state index contributed by atoms with van der Waals surface area (Å²) in [6.45, 7) is 0.375. The maximum Gasteiger partial charge on any atom is 0.253 e. The summed E-state index contributed by atoms with van der Waals surface area (Å²) in [4.78, 5) is 18.5. The molecule has 0 saturated heterocycles. The van der Waals surface area contributed by atoms with Crippen LogP contribution in [0.5, 0.6) is 0 Å². The van der Waals surface area contributed by atoms with E-state index in [1.54, 1.807) is 30.7 Å². The Balaban J connectivity index is 2.04. The van der Waals surface area contributed by atoms with E-state index in [9.17, 15) is 4.79 Å². The van der Waals surface area contributed by atoms with Crippen molar-refractivity contribution in [3.63, 3.8) is 0 Å². The molecule has 1 aromatic carbocycles. The molecule has 0 aliphatic rings. The van der Waals surface area contributed by atoms with Crippen LogP contribution in [-0.4, -0.2) is 15.9 Å². The summed E-state index contributed by atoms with van der Waals surface area (Å²) in [6.07, 6.45) is 3.20. The van der Waals surface area contributed by atoms with E-state index in [1.807, 2.05) is 0 Å². The van der Waals surface area contributed by atoms with Crippen LogP contribution >= 0.6 is 11.6 Å². The zero-order valence-corrected chi connectivity index (χ0v) is 9.66. The number of hydrogen-bond donors (Lipinski definition) is 3. The summed E-state index contributed by atoms with van der Waals surface area (Å²) < 4.78 is 0. The number of nitrogens with zero attached hydrogens (tertiary/aromatic N) is 1. The molecule has 1 aromatic heterocycles. The lowest BCUT2D eigenvalue weighted by atomic mass is 10.2. The molecule has 0 fully saturated rings. The Morgan fingerprint density at radius 2 is 2.35 bits per heavy atom. The average molecular weight is 251 g/mol. The van der Waals surface area contributed by atoms with Gasteiger partial charge in [-0.15, -0.1) is 0 Å². The first-order valence-corrected chi connectivity index (χ1v) is 5.35. The van der Waals surface area contributed by atoms with Gasteiger partial charge in [0.05, 0.1) is 29.2 Å². The Hall–Kier alpha value is -2.01. The Morgan fingerprint density at radius 3 is 3.00 bits per heavy atom. The number of aromatic nitrogens is 2. The Bertz CT molecular complexity index is 524. The second-order valence-corrected chi connectivity index (χ2v) is 3.91. The number of amides is 1. The first-order chi connectivity index (χ1) is 8.16. The number of hydrogen-bond acceptors (Lipinski definition) is 3. The quantitative estimate of drug-likeness (QED) is 0.723. The molecular weight excluding hydrogens is 240 g/mol. The number of rotatable bonds is 3. The summed E-state index contributed by atoms with van der Waals surface area (Å²) in [5.41, 5.74) is 7.30. The van der Waals surface area contributed by atoms with Crippen molar-refractivity contribution in [1.82, 2.24) is 15.3 Å². The van der Waals surface area contributed by atoms with Gasteiger partial charge in [-0.05, 0) is 18.2 Å². The van der Waals surface area contributed by atoms with E-state index in [2.05, 4.69) is 15.3 Å². The number of carbonyl (C=O) groups excluding carboxylic acids is 1. The van der Waals surface area contributed by atoms with Gasteiger partial charge in [-0.2, -0.15) is 0 Å². The maximum atomic E-state index is 11.8. The van der Waals surface area contributed by atoms with Crippen LogP contribution in [-0.2, 0) is 6.54 Å². The van der Waals surface area contributed by atoms with Crippen LogP contribution in [0.25, 0.3) is 0 Å². The normalized spacial score (nSPS) is 10.2. The molecule has 1 amide bonds. The van der Waals surface area contributed by atoms with Crippen molar-refractivity contribution >= 4 is 23.2 Å². The van der Waals surface area contributed by atoms with E-state index in [-0.39, 0.29) is 5.91 Å². The number of nitrogens with one attached hydrogen (secondary N) is 2. The molecule has 0 spiro atoms. The third-order valence-electron chi connectivity index (χ3n) is 2.23. The zero-order valence-electron chi connectivity index (χ0n) is 8.90. The first-order valence-electron chi connectivity index (χ1n) is 4.97. The van der Waals surface area contributed by atoms with Crippen LogP contribution in [0.1, 0.15) is 16.1 Å². The highest BCUT2D eigenvalue weighted by Gasteiger charge is 2.10. The van der Waals surface area contributed by atoms with Crippen molar-refractivity contribution in [2.75, 3.05) is 5.73 Å². The second-order valence-electron chi connectivity index (χ2n) is 3.50. The molecule has 0 radical (unpaired) electrons. The van der Waals surface area contributed by atoms with Crippen LogP contribution in [0.4, 0.5) is 5.69 Å². The Labute approximate surface area is 103 Å². The highest BCUT2D eigenvalue weighted by Crippen LogP contribution is 2.18. The monoisotopic (exact) mass is 250 g/mol. The van der Waals surface area contributed by atoms with Crippen LogP contribution in [0.15, 0.2) is 30.7 Å². The molecule has 6 heteroatoms. The maximum absolute atomic E-state index is 11.8. The van der Waals surface area contributed by atoms with E-state index in [4.69, 9.17) is 17.3 Å². The third-order valence-corrected chi connectivity index (χ3v) is 2.54. The van der Waals surface area contributed by atoms with E-state index in [1.165, 1.54) is 0 Å². The topological polar surface area (TPSA) is 83.8 Å². The Morgan fingerprint density at radius 1 is 1.53 bits per heavy atom. The SMILES string of the molecule is Nc1ccc(C(=O)NCc2cnc[nH]2)c(Cl)c1. The van der Waals surface area contributed by atoms with Gasteiger partial charge in [0.25, 0.3) is 5.91 Å². The molecule has 0 aliphatic heterocycles. The highest BCUT2D eigenvalue weighted by atomic mass is 35.5. The fourth-order valence-corrected chi connectivity index (χ4v) is 1.64. The number of carbonyl (C=O) groups is 1. The minimum atomic E-state index is -0.246. The van der Waals surface area contributed by atoms with Gasteiger partial charge in [-0.1, -0.05) is 11.6 Å². The van der Waals surface area contributed by atoms with Gasteiger partial charge in [0.1, 0.15) is 0 Å².